The van der Waals surface area contributed by atoms with Gasteiger partial charge in [-0.25, -0.2) is 0 Å². The highest BCUT2D eigenvalue weighted by Crippen LogP contribution is 2.30. The van der Waals surface area contributed by atoms with Gasteiger partial charge in [-0.3, -0.25) is 4.79 Å². The molecule has 90 valence electrons. The number of thiophene rings is 1. The molecule has 1 heterocycles. The average molecular weight is 247 g/mol. The van der Waals surface area contributed by atoms with Crippen LogP contribution < -0.4 is 5.32 Å². The van der Waals surface area contributed by atoms with Gasteiger partial charge in [-0.15, -0.1) is 11.3 Å². The molecule has 17 heavy (non-hydrogen) atoms. The van der Waals surface area contributed by atoms with E-state index in [-0.39, 0.29) is 5.91 Å². The number of carbonyl (C=O) groups is 1. The average Bonchev–Trinajstić information content (AvgIpc) is 2.64. The van der Waals surface area contributed by atoms with E-state index in [1.807, 2.05) is 19.1 Å². The van der Waals surface area contributed by atoms with Crippen molar-refractivity contribution in [2.75, 3.05) is 6.54 Å². The Morgan fingerprint density at radius 2 is 2.06 bits per heavy atom. The van der Waals surface area contributed by atoms with Crippen molar-refractivity contribution in [2.24, 2.45) is 5.92 Å². The highest BCUT2D eigenvalue weighted by molar-refractivity contribution is 7.21. The molecule has 0 saturated carbocycles. The fraction of sp³-hybridized carbons (Fsp3) is 0.357. The van der Waals surface area contributed by atoms with Gasteiger partial charge in [0.2, 0.25) is 0 Å². The van der Waals surface area contributed by atoms with Gasteiger partial charge >= 0.3 is 0 Å². The molecule has 1 amide bonds. The van der Waals surface area contributed by atoms with Crippen molar-refractivity contribution in [3.63, 3.8) is 0 Å². The SMILES string of the molecule is Cc1c(C(=O)NCC(C)C)sc2ccccc12. The van der Waals surface area contributed by atoms with Gasteiger partial charge in [-0.2, -0.15) is 0 Å². The summed E-state index contributed by atoms with van der Waals surface area (Å²) < 4.78 is 1.18. The minimum atomic E-state index is 0.0531. The van der Waals surface area contributed by atoms with E-state index in [4.69, 9.17) is 0 Å². The molecule has 1 aromatic heterocycles. The van der Waals surface area contributed by atoms with Crippen molar-refractivity contribution in [3.05, 3.63) is 34.7 Å². The summed E-state index contributed by atoms with van der Waals surface area (Å²) in [5.41, 5.74) is 1.09. The van der Waals surface area contributed by atoms with Crippen LogP contribution >= 0.6 is 11.3 Å². The number of benzene rings is 1. The van der Waals surface area contributed by atoms with Crippen LogP contribution in [0.4, 0.5) is 0 Å². The van der Waals surface area contributed by atoms with Crippen LogP contribution in [0.25, 0.3) is 10.1 Å². The Bertz CT molecular complexity index is 542. The van der Waals surface area contributed by atoms with Crippen LogP contribution in [-0.2, 0) is 0 Å². The van der Waals surface area contributed by atoms with Crippen molar-refractivity contribution in [2.45, 2.75) is 20.8 Å². The number of aryl methyl sites for hydroxylation is 1. The fourth-order valence-corrected chi connectivity index (χ4v) is 2.89. The molecule has 0 radical (unpaired) electrons. The van der Waals surface area contributed by atoms with Gasteiger partial charge in [0.1, 0.15) is 0 Å². The van der Waals surface area contributed by atoms with Crippen LogP contribution in [0.2, 0.25) is 0 Å². The third-order valence-corrected chi connectivity index (χ3v) is 3.99. The van der Waals surface area contributed by atoms with Gasteiger partial charge in [0, 0.05) is 11.2 Å². The van der Waals surface area contributed by atoms with E-state index < -0.39 is 0 Å². The Morgan fingerprint density at radius 3 is 2.71 bits per heavy atom. The molecule has 0 unspecified atom stereocenters. The first kappa shape index (κ1) is 12.1. The van der Waals surface area contributed by atoms with Crippen molar-refractivity contribution < 1.29 is 4.79 Å². The maximum Gasteiger partial charge on any atom is 0.261 e. The molecule has 3 heteroatoms. The molecule has 0 saturated heterocycles. The summed E-state index contributed by atoms with van der Waals surface area (Å²) in [6.45, 7) is 6.94. The lowest BCUT2D eigenvalue weighted by Gasteiger charge is -2.06. The lowest BCUT2D eigenvalue weighted by molar-refractivity contribution is 0.0952. The smallest absolute Gasteiger partial charge is 0.261 e. The van der Waals surface area contributed by atoms with Gasteiger partial charge in [0.05, 0.1) is 4.88 Å². The molecule has 0 fully saturated rings. The third-order valence-electron chi connectivity index (χ3n) is 2.72. The molecule has 0 atom stereocenters. The van der Waals surface area contributed by atoms with E-state index in [2.05, 4.69) is 31.3 Å². The normalized spacial score (nSPS) is 11.1. The number of amides is 1. The molecule has 1 N–H and O–H groups in total. The molecule has 0 aliphatic heterocycles. The predicted molar refractivity (Wildman–Crippen MR) is 73.7 cm³/mol. The number of fused-ring (bicyclic) bond motifs is 1. The molecule has 0 aliphatic rings. The summed E-state index contributed by atoms with van der Waals surface area (Å²) in [5.74, 6) is 0.533. The number of rotatable bonds is 3. The van der Waals surface area contributed by atoms with Gasteiger partial charge in [-0.1, -0.05) is 32.0 Å². The minimum absolute atomic E-state index is 0.0531. The van der Waals surface area contributed by atoms with Crippen LogP contribution in [0.5, 0.6) is 0 Å². The molecule has 2 aromatic rings. The Kier molecular flexibility index (Phi) is 3.48. The summed E-state index contributed by atoms with van der Waals surface area (Å²) >= 11 is 1.57. The van der Waals surface area contributed by atoms with Crippen LogP contribution in [-0.4, -0.2) is 12.5 Å². The maximum absolute atomic E-state index is 12.0. The number of hydrogen-bond donors (Lipinski definition) is 1. The Morgan fingerprint density at radius 1 is 1.35 bits per heavy atom. The lowest BCUT2D eigenvalue weighted by atomic mass is 10.1. The van der Waals surface area contributed by atoms with E-state index in [0.29, 0.717) is 5.92 Å². The summed E-state index contributed by atoms with van der Waals surface area (Å²) in [5, 5.41) is 4.16. The molecule has 2 nitrogen and oxygen atoms in total. The number of nitrogens with one attached hydrogen (secondary N) is 1. The standard InChI is InChI=1S/C14H17NOS/c1-9(2)8-15-14(16)13-10(3)11-6-4-5-7-12(11)17-13/h4-7,9H,8H2,1-3H3,(H,15,16). The first-order valence-electron chi connectivity index (χ1n) is 5.86. The molecule has 2 rings (SSSR count). The quantitative estimate of drug-likeness (QED) is 0.882. The number of hydrogen-bond acceptors (Lipinski definition) is 2. The summed E-state index contributed by atoms with van der Waals surface area (Å²) in [6, 6.07) is 8.15. The van der Waals surface area contributed by atoms with E-state index in [1.165, 1.54) is 10.1 Å². The first-order valence-corrected chi connectivity index (χ1v) is 6.67. The number of carbonyl (C=O) groups excluding carboxylic acids is 1. The molecule has 0 spiro atoms. The lowest BCUT2D eigenvalue weighted by Crippen LogP contribution is -2.27. The predicted octanol–water partition coefficient (Wildman–Crippen LogP) is 3.60. The van der Waals surface area contributed by atoms with Crippen molar-refractivity contribution in [1.82, 2.24) is 5.32 Å². The highest BCUT2D eigenvalue weighted by atomic mass is 32.1. The molecular weight excluding hydrogens is 230 g/mol. The zero-order valence-corrected chi connectivity index (χ0v) is 11.2. The van der Waals surface area contributed by atoms with Crippen LogP contribution in [0.1, 0.15) is 29.1 Å². The molecule has 0 aliphatic carbocycles. The first-order chi connectivity index (χ1) is 8.09. The maximum atomic E-state index is 12.0. The second-order valence-electron chi connectivity index (χ2n) is 4.66. The Balaban J connectivity index is 2.29. The van der Waals surface area contributed by atoms with E-state index >= 15 is 0 Å². The zero-order valence-electron chi connectivity index (χ0n) is 10.4. The Hall–Kier alpha value is -1.35. The van der Waals surface area contributed by atoms with Crippen LogP contribution in [0, 0.1) is 12.8 Å². The minimum Gasteiger partial charge on any atom is -0.351 e. The molecular formula is C14H17NOS. The highest BCUT2D eigenvalue weighted by Gasteiger charge is 2.14. The summed E-state index contributed by atoms with van der Waals surface area (Å²) in [7, 11) is 0. The topological polar surface area (TPSA) is 29.1 Å². The molecule has 0 bridgehead atoms. The Labute approximate surface area is 106 Å². The zero-order chi connectivity index (χ0) is 12.4. The fourth-order valence-electron chi connectivity index (χ4n) is 1.77. The molecule has 1 aromatic carbocycles. The third kappa shape index (κ3) is 2.50. The second kappa shape index (κ2) is 4.88. The van der Waals surface area contributed by atoms with Crippen molar-refractivity contribution in [1.29, 1.82) is 0 Å². The summed E-state index contributed by atoms with van der Waals surface area (Å²) in [6.07, 6.45) is 0. The summed E-state index contributed by atoms with van der Waals surface area (Å²) in [4.78, 5) is 12.9. The van der Waals surface area contributed by atoms with Crippen LogP contribution in [0.3, 0.4) is 0 Å². The van der Waals surface area contributed by atoms with Crippen LogP contribution in [0.15, 0.2) is 24.3 Å². The van der Waals surface area contributed by atoms with Gasteiger partial charge in [-0.05, 0) is 29.9 Å². The van der Waals surface area contributed by atoms with Gasteiger partial charge in [0.15, 0.2) is 0 Å². The van der Waals surface area contributed by atoms with E-state index in [1.54, 1.807) is 11.3 Å². The van der Waals surface area contributed by atoms with Crippen molar-refractivity contribution in [3.8, 4) is 0 Å². The monoisotopic (exact) mass is 247 g/mol. The largest absolute Gasteiger partial charge is 0.351 e. The van der Waals surface area contributed by atoms with E-state index in [0.717, 1.165) is 17.0 Å². The van der Waals surface area contributed by atoms with Gasteiger partial charge in [0.25, 0.3) is 5.91 Å². The second-order valence-corrected chi connectivity index (χ2v) is 5.71. The van der Waals surface area contributed by atoms with Crippen molar-refractivity contribution >= 4 is 27.3 Å². The van der Waals surface area contributed by atoms with Gasteiger partial charge < -0.3 is 5.32 Å². The van der Waals surface area contributed by atoms with E-state index in [9.17, 15) is 4.79 Å².